The van der Waals surface area contributed by atoms with Crippen molar-refractivity contribution in [2.24, 2.45) is 5.92 Å². The van der Waals surface area contributed by atoms with E-state index in [-0.39, 0.29) is 11.8 Å². The molecule has 0 spiro atoms. The average molecular weight is 380 g/mol. The lowest BCUT2D eigenvalue weighted by Gasteiger charge is -2.14. The van der Waals surface area contributed by atoms with E-state index in [2.05, 4.69) is 41.9 Å². The highest BCUT2D eigenvalue weighted by atomic mass is 16.5. The minimum absolute atomic E-state index is 0.0384. The quantitative estimate of drug-likeness (QED) is 0.591. The van der Waals surface area contributed by atoms with Crippen molar-refractivity contribution < 1.29 is 9.53 Å². The number of para-hydroxylation sites is 3. The summed E-state index contributed by atoms with van der Waals surface area (Å²) in [5.74, 6) is 1.85. The first-order chi connectivity index (χ1) is 13.5. The van der Waals surface area contributed by atoms with Crippen LogP contribution in [0.2, 0.25) is 0 Å². The molecule has 0 aliphatic heterocycles. The summed E-state index contributed by atoms with van der Waals surface area (Å²) in [5, 5.41) is 2.98. The minimum Gasteiger partial charge on any atom is -0.493 e. The molecule has 1 amide bonds. The van der Waals surface area contributed by atoms with Crippen LogP contribution in [0.25, 0.3) is 11.0 Å². The number of carbonyl (C=O) groups is 1. The Kier molecular flexibility index (Phi) is 6.34. The highest BCUT2D eigenvalue weighted by Gasteiger charge is 2.13. The normalized spacial score (nSPS) is 11.2. The van der Waals surface area contributed by atoms with Gasteiger partial charge in [-0.2, -0.15) is 0 Å². The molecular weight excluding hydrogens is 350 g/mol. The molecule has 28 heavy (non-hydrogen) atoms. The van der Waals surface area contributed by atoms with E-state index >= 15 is 0 Å². The molecule has 0 atom stereocenters. The molecule has 0 fully saturated rings. The summed E-state index contributed by atoms with van der Waals surface area (Å²) < 4.78 is 8.23. The molecule has 0 aliphatic carbocycles. The summed E-state index contributed by atoms with van der Waals surface area (Å²) in [6.45, 7) is 9.78. The highest BCUT2D eigenvalue weighted by Crippen LogP contribution is 2.23. The standard InChI is InChI=1S/C23H29N3O2/c1-16(2)23(27)24-15-21-25-19-11-5-6-12-20(19)26(21)13-8-14-28-22-17(3)9-7-10-18(22)4/h5-7,9-12,16H,8,13-15H2,1-4H3,(H,24,27). The number of hydrogen-bond donors (Lipinski definition) is 1. The molecular formula is C23H29N3O2. The summed E-state index contributed by atoms with van der Waals surface area (Å²) in [7, 11) is 0. The van der Waals surface area contributed by atoms with Crippen LogP contribution in [0.3, 0.4) is 0 Å². The lowest BCUT2D eigenvalue weighted by atomic mass is 10.1. The Morgan fingerprint density at radius 2 is 1.82 bits per heavy atom. The van der Waals surface area contributed by atoms with Crippen LogP contribution in [0.4, 0.5) is 0 Å². The molecule has 3 rings (SSSR count). The molecule has 1 heterocycles. The summed E-state index contributed by atoms with van der Waals surface area (Å²) in [6, 6.07) is 14.3. The van der Waals surface area contributed by atoms with Gasteiger partial charge in [0.15, 0.2) is 0 Å². The van der Waals surface area contributed by atoms with E-state index in [1.165, 1.54) is 0 Å². The molecule has 148 valence electrons. The van der Waals surface area contributed by atoms with Crippen LogP contribution in [-0.4, -0.2) is 22.1 Å². The fraction of sp³-hybridized carbons (Fsp3) is 0.391. The molecule has 0 bridgehead atoms. The van der Waals surface area contributed by atoms with Crippen molar-refractivity contribution in [3.63, 3.8) is 0 Å². The third kappa shape index (κ3) is 4.53. The Bertz CT molecular complexity index is 939. The number of ether oxygens (including phenoxy) is 1. The number of aromatic nitrogens is 2. The first kappa shape index (κ1) is 19.9. The molecule has 1 aromatic heterocycles. The predicted octanol–water partition coefficient (Wildman–Crippen LogP) is 4.39. The van der Waals surface area contributed by atoms with Crippen molar-refractivity contribution in [3.05, 3.63) is 59.4 Å². The van der Waals surface area contributed by atoms with Gasteiger partial charge in [0.25, 0.3) is 0 Å². The molecule has 5 nitrogen and oxygen atoms in total. The van der Waals surface area contributed by atoms with Gasteiger partial charge in [0.1, 0.15) is 11.6 Å². The zero-order valence-corrected chi connectivity index (χ0v) is 17.2. The smallest absolute Gasteiger partial charge is 0.222 e. The van der Waals surface area contributed by atoms with Crippen molar-refractivity contribution in [2.45, 2.75) is 47.2 Å². The van der Waals surface area contributed by atoms with Gasteiger partial charge in [-0.05, 0) is 43.5 Å². The van der Waals surface area contributed by atoms with Gasteiger partial charge in [-0.3, -0.25) is 4.79 Å². The second-order valence-corrected chi connectivity index (χ2v) is 7.46. The van der Waals surface area contributed by atoms with Crippen LogP contribution in [0.15, 0.2) is 42.5 Å². The number of nitrogens with one attached hydrogen (secondary N) is 1. The first-order valence-corrected chi connectivity index (χ1v) is 9.88. The van der Waals surface area contributed by atoms with E-state index in [0.29, 0.717) is 13.2 Å². The average Bonchev–Trinajstić information content (AvgIpc) is 3.02. The lowest BCUT2D eigenvalue weighted by molar-refractivity contribution is -0.124. The molecule has 0 aliphatic rings. The molecule has 3 aromatic rings. The van der Waals surface area contributed by atoms with E-state index in [1.54, 1.807) is 0 Å². The summed E-state index contributed by atoms with van der Waals surface area (Å²) in [6.07, 6.45) is 0.860. The minimum atomic E-state index is -0.0384. The second kappa shape index (κ2) is 8.91. The number of imidazole rings is 1. The van der Waals surface area contributed by atoms with E-state index in [9.17, 15) is 4.79 Å². The van der Waals surface area contributed by atoms with Crippen LogP contribution in [0.5, 0.6) is 5.75 Å². The highest BCUT2D eigenvalue weighted by molar-refractivity contribution is 5.78. The Labute approximate surface area is 166 Å². The van der Waals surface area contributed by atoms with Gasteiger partial charge in [-0.25, -0.2) is 4.98 Å². The van der Waals surface area contributed by atoms with Gasteiger partial charge >= 0.3 is 0 Å². The SMILES string of the molecule is Cc1cccc(C)c1OCCCn1c(CNC(=O)C(C)C)nc2ccccc21. The third-order valence-electron chi connectivity index (χ3n) is 4.86. The summed E-state index contributed by atoms with van der Waals surface area (Å²) in [5.41, 5.74) is 4.35. The maximum atomic E-state index is 12.0. The topological polar surface area (TPSA) is 56.1 Å². The number of hydrogen-bond acceptors (Lipinski definition) is 3. The monoisotopic (exact) mass is 379 g/mol. The molecule has 1 N–H and O–H groups in total. The van der Waals surface area contributed by atoms with E-state index in [4.69, 9.17) is 9.72 Å². The molecule has 0 saturated carbocycles. The fourth-order valence-corrected chi connectivity index (χ4v) is 3.30. The Balaban J connectivity index is 1.69. The molecule has 5 heteroatoms. The van der Waals surface area contributed by atoms with E-state index in [0.717, 1.165) is 46.7 Å². The number of nitrogens with zero attached hydrogens (tertiary/aromatic N) is 2. The molecule has 0 radical (unpaired) electrons. The Hall–Kier alpha value is -2.82. The van der Waals surface area contributed by atoms with Crippen LogP contribution in [-0.2, 0) is 17.9 Å². The Morgan fingerprint density at radius 3 is 2.54 bits per heavy atom. The van der Waals surface area contributed by atoms with Gasteiger partial charge in [-0.1, -0.05) is 44.2 Å². The predicted molar refractivity (Wildman–Crippen MR) is 112 cm³/mol. The first-order valence-electron chi connectivity index (χ1n) is 9.88. The number of rotatable bonds is 8. The van der Waals surface area contributed by atoms with Crippen molar-refractivity contribution in [2.75, 3.05) is 6.61 Å². The van der Waals surface area contributed by atoms with Crippen molar-refractivity contribution >= 4 is 16.9 Å². The number of aryl methyl sites for hydroxylation is 3. The fourth-order valence-electron chi connectivity index (χ4n) is 3.30. The van der Waals surface area contributed by atoms with Gasteiger partial charge in [0.2, 0.25) is 5.91 Å². The van der Waals surface area contributed by atoms with E-state index in [1.807, 2.05) is 38.1 Å². The van der Waals surface area contributed by atoms with Gasteiger partial charge in [0, 0.05) is 12.5 Å². The summed E-state index contributed by atoms with van der Waals surface area (Å²) in [4.78, 5) is 16.7. The van der Waals surface area contributed by atoms with Crippen molar-refractivity contribution in [1.29, 1.82) is 0 Å². The zero-order valence-electron chi connectivity index (χ0n) is 17.2. The van der Waals surface area contributed by atoms with Crippen LogP contribution in [0, 0.1) is 19.8 Å². The maximum absolute atomic E-state index is 12.0. The number of amides is 1. The maximum Gasteiger partial charge on any atom is 0.222 e. The van der Waals surface area contributed by atoms with Crippen LogP contribution >= 0.6 is 0 Å². The molecule has 2 aromatic carbocycles. The third-order valence-corrected chi connectivity index (χ3v) is 4.86. The number of fused-ring (bicyclic) bond motifs is 1. The van der Waals surface area contributed by atoms with Crippen molar-refractivity contribution in [3.8, 4) is 5.75 Å². The summed E-state index contributed by atoms with van der Waals surface area (Å²) >= 11 is 0. The largest absolute Gasteiger partial charge is 0.493 e. The van der Waals surface area contributed by atoms with Gasteiger partial charge < -0.3 is 14.6 Å². The van der Waals surface area contributed by atoms with Crippen LogP contribution < -0.4 is 10.1 Å². The second-order valence-electron chi connectivity index (χ2n) is 7.46. The Morgan fingerprint density at radius 1 is 1.11 bits per heavy atom. The zero-order chi connectivity index (χ0) is 20.1. The van der Waals surface area contributed by atoms with E-state index < -0.39 is 0 Å². The van der Waals surface area contributed by atoms with Gasteiger partial charge in [-0.15, -0.1) is 0 Å². The number of benzene rings is 2. The lowest BCUT2D eigenvalue weighted by Crippen LogP contribution is -2.28. The number of carbonyl (C=O) groups excluding carboxylic acids is 1. The van der Waals surface area contributed by atoms with Crippen molar-refractivity contribution in [1.82, 2.24) is 14.9 Å². The molecule has 0 unspecified atom stereocenters. The molecule has 0 saturated heterocycles. The van der Waals surface area contributed by atoms with Gasteiger partial charge in [0.05, 0.1) is 24.2 Å². The van der Waals surface area contributed by atoms with Crippen LogP contribution in [0.1, 0.15) is 37.2 Å².